The zero-order valence-electron chi connectivity index (χ0n) is 9.63. The van der Waals surface area contributed by atoms with E-state index in [9.17, 15) is 13.2 Å². The highest BCUT2D eigenvalue weighted by atomic mass is 35.5. The minimum atomic E-state index is -3.72. The Hall–Kier alpha value is -1.18. The maximum atomic E-state index is 11.9. The van der Waals surface area contributed by atoms with E-state index >= 15 is 0 Å². The molecule has 98 valence electrons. The number of rotatable bonds is 2. The van der Waals surface area contributed by atoms with Gasteiger partial charge in [-0.15, -0.1) is 0 Å². The molecule has 2 N–H and O–H groups in total. The summed E-state index contributed by atoms with van der Waals surface area (Å²) in [5.74, 6) is -0.301. The third kappa shape index (κ3) is 2.33. The van der Waals surface area contributed by atoms with Gasteiger partial charge in [0.05, 0.1) is 10.7 Å². The van der Waals surface area contributed by atoms with Crippen LogP contribution in [-0.2, 0) is 14.8 Å². The first-order valence-electron chi connectivity index (χ1n) is 5.23. The van der Waals surface area contributed by atoms with Crippen molar-refractivity contribution in [2.75, 3.05) is 11.4 Å². The fourth-order valence-corrected chi connectivity index (χ4v) is 3.02. The maximum Gasteiger partial charge on any atom is 0.228 e. The second kappa shape index (κ2) is 4.49. The Morgan fingerprint density at radius 1 is 1.50 bits per heavy atom. The van der Waals surface area contributed by atoms with E-state index in [0.29, 0.717) is 16.3 Å². The second-order valence-electron chi connectivity index (χ2n) is 4.21. The van der Waals surface area contributed by atoms with Crippen LogP contribution in [0.3, 0.4) is 0 Å². The number of sulfonamides is 1. The summed E-state index contributed by atoms with van der Waals surface area (Å²) in [6.45, 7) is 1.79. The molecule has 0 saturated carbocycles. The molecule has 8 heteroatoms. The first kappa shape index (κ1) is 13.3. The molecule has 0 aliphatic carbocycles. The van der Waals surface area contributed by atoms with Crippen LogP contribution in [0.5, 0.6) is 0 Å². The highest BCUT2D eigenvalue weighted by Crippen LogP contribution is 2.32. The van der Waals surface area contributed by atoms with Gasteiger partial charge in [-0.05, 0) is 12.5 Å². The van der Waals surface area contributed by atoms with Crippen LogP contribution in [0.4, 0.5) is 5.69 Å². The van der Waals surface area contributed by atoms with E-state index in [4.69, 9.17) is 16.7 Å². The minimum Gasteiger partial charge on any atom is -0.309 e. The summed E-state index contributed by atoms with van der Waals surface area (Å²) in [6.07, 6.45) is 2.87. The van der Waals surface area contributed by atoms with Crippen LogP contribution in [0, 0.1) is 6.92 Å². The van der Waals surface area contributed by atoms with E-state index in [1.54, 1.807) is 13.1 Å². The first-order valence-corrected chi connectivity index (χ1v) is 7.21. The third-order valence-corrected chi connectivity index (χ3v) is 4.40. The predicted molar refractivity (Wildman–Crippen MR) is 67.8 cm³/mol. The van der Waals surface area contributed by atoms with Crippen LogP contribution in [0.15, 0.2) is 12.4 Å². The van der Waals surface area contributed by atoms with Crippen LogP contribution in [-0.4, -0.2) is 31.1 Å². The summed E-state index contributed by atoms with van der Waals surface area (Å²) in [6, 6.07) is 0. The minimum absolute atomic E-state index is 0.0300. The van der Waals surface area contributed by atoms with Gasteiger partial charge < -0.3 is 4.90 Å². The third-order valence-electron chi connectivity index (χ3n) is 2.88. The van der Waals surface area contributed by atoms with E-state index < -0.39 is 15.3 Å². The number of hydrogen-bond acceptors (Lipinski definition) is 4. The van der Waals surface area contributed by atoms with Crippen LogP contribution in [0.2, 0.25) is 5.02 Å². The molecule has 1 aromatic rings. The smallest absolute Gasteiger partial charge is 0.228 e. The van der Waals surface area contributed by atoms with Crippen molar-refractivity contribution in [1.82, 2.24) is 4.98 Å². The highest BCUT2D eigenvalue weighted by Gasteiger charge is 2.38. The monoisotopic (exact) mass is 289 g/mol. The number of carbonyl (C=O) groups is 1. The quantitative estimate of drug-likeness (QED) is 0.855. The number of amides is 1. The lowest BCUT2D eigenvalue weighted by Gasteiger charge is -2.19. The van der Waals surface area contributed by atoms with E-state index in [0.717, 1.165) is 0 Å². The van der Waals surface area contributed by atoms with Crippen molar-refractivity contribution < 1.29 is 13.2 Å². The zero-order chi connectivity index (χ0) is 13.5. The SMILES string of the molecule is Cc1cncc(Cl)c1N1CC(S(N)(=O)=O)CC1=O. The van der Waals surface area contributed by atoms with Gasteiger partial charge in [0.1, 0.15) is 5.25 Å². The maximum absolute atomic E-state index is 11.9. The average molecular weight is 290 g/mol. The Bertz CT molecular complexity index is 582. The Morgan fingerprint density at radius 2 is 2.17 bits per heavy atom. The summed E-state index contributed by atoms with van der Waals surface area (Å²) < 4.78 is 22.6. The van der Waals surface area contributed by atoms with Gasteiger partial charge in [-0.25, -0.2) is 13.6 Å². The molecule has 1 aromatic heterocycles. The highest BCUT2D eigenvalue weighted by molar-refractivity contribution is 7.89. The van der Waals surface area contributed by atoms with Gasteiger partial charge >= 0.3 is 0 Å². The van der Waals surface area contributed by atoms with Gasteiger partial charge in [0.2, 0.25) is 15.9 Å². The molecule has 1 amide bonds. The summed E-state index contributed by atoms with van der Waals surface area (Å²) >= 11 is 6.00. The number of pyridine rings is 1. The lowest BCUT2D eigenvalue weighted by Crippen LogP contribution is -2.32. The van der Waals surface area contributed by atoms with E-state index in [1.807, 2.05) is 0 Å². The second-order valence-corrected chi connectivity index (χ2v) is 6.46. The molecular formula is C10H12ClN3O3S. The fourth-order valence-electron chi connectivity index (χ4n) is 1.98. The normalized spacial score (nSPS) is 20.5. The Morgan fingerprint density at radius 3 is 2.67 bits per heavy atom. The standard InChI is InChI=1S/C10H12ClN3O3S/c1-6-3-13-4-8(11)10(6)14-5-7(2-9(14)15)18(12,16)17/h3-4,7H,2,5H2,1H3,(H2,12,16,17). The molecule has 1 unspecified atom stereocenters. The number of nitrogens with two attached hydrogens (primary N) is 1. The van der Waals surface area contributed by atoms with E-state index in [1.165, 1.54) is 11.1 Å². The van der Waals surface area contributed by atoms with Crippen molar-refractivity contribution in [3.05, 3.63) is 23.0 Å². The number of aromatic nitrogens is 1. The van der Waals surface area contributed by atoms with Crippen molar-refractivity contribution in [3.63, 3.8) is 0 Å². The molecule has 2 heterocycles. The average Bonchev–Trinajstić information content (AvgIpc) is 2.60. The van der Waals surface area contributed by atoms with E-state index in [2.05, 4.69) is 4.98 Å². The van der Waals surface area contributed by atoms with Gasteiger partial charge in [-0.1, -0.05) is 11.6 Å². The number of anilines is 1. The van der Waals surface area contributed by atoms with Gasteiger partial charge in [-0.2, -0.15) is 0 Å². The largest absolute Gasteiger partial charge is 0.309 e. The van der Waals surface area contributed by atoms with Crippen molar-refractivity contribution >= 4 is 33.2 Å². The number of primary sulfonamides is 1. The van der Waals surface area contributed by atoms with Gasteiger partial charge in [0.25, 0.3) is 0 Å². The summed E-state index contributed by atoms with van der Waals surface area (Å²) in [7, 11) is -3.72. The summed E-state index contributed by atoms with van der Waals surface area (Å²) in [4.78, 5) is 17.1. The van der Waals surface area contributed by atoms with Gasteiger partial charge in [0, 0.05) is 25.4 Å². The molecule has 0 spiro atoms. The lowest BCUT2D eigenvalue weighted by atomic mass is 10.2. The van der Waals surface area contributed by atoms with Crippen molar-refractivity contribution in [2.45, 2.75) is 18.6 Å². The van der Waals surface area contributed by atoms with Crippen LogP contribution in [0.1, 0.15) is 12.0 Å². The molecule has 0 aromatic carbocycles. The molecule has 0 bridgehead atoms. The zero-order valence-corrected chi connectivity index (χ0v) is 11.2. The number of hydrogen-bond donors (Lipinski definition) is 1. The number of carbonyl (C=O) groups excluding carboxylic acids is 1. The molecule has 18 heavy (non-hydrogen) atoms. The van der Waals surface area contributed by atoms with Crippen molar-refractivity contribution in [1.29, 1.82) is 0 Å². The van der Waals surface area contributed by atoms with Crippen LogP contribution >= 0.6 is 11.6 Å². The van der Waals surface area contributed by atoms with Crippen molar-refractivity contribution in [2.24, 2.45) is 5.14 Å². The molecule has 2 rings (SSSR count). The van der Waals surface area contributed by atoms with Gasteiger partial charge in [0.15, 0.2) is 0 Å². The summed E-state index contributed by atoms with van der Waals surface area (Å²) in [5.41, 5.74) is 1.22. The lowest BCUT2D eigenvalue weighted by molar-refractivity contribution is -0.117. The number of aryl methyl sites for hydroxylation is 1. The Labute approximate surface area is 110 Å². The molecule has 1 aliphatic heterocycles. The molecule has 6 nitrogen and oxygen atoms in total. The number of halogens is 1. The molecule has 1 aliphatic rings. The molecule has 0 radical (unpaired) electrons. The molecule has 1 fully saturated rings. The topological polar surface area (TPSA) is 93.4 Å². The van der Waals surface area contributed by atoms with Gasteiger partial charge in [-0.3, -0.25) is 9.78 Å². The molecule has 1 atom stereocenters. The predicted octanol–water partition coefficient (Wildman–Crippen LogP) is 0.437. The molecular weight excluding hydrogens is 278 g/mol. The Kier molecular flexibility index (Phi) is 3.31. The molecule has 1 saturated heterocycles. The number of nitrogens with zero attached hydrogens (tertiary/aromatic N) is 2. The van der Waals surface area contributed by atoms with Crippen LogP contribution < -0.4 is 10.0 Å². The van der Waals surface area contributed by atoms with Crippen LogP contribution in [0.25, 0.3) is 0 Å². The fraction of sp³-hybridized carbons (Fsp3) is 0.400. The van der Waals surface area contributed by atoms with E-state index in [-0.39, 0.29) is 18.9 Å². The first-order chi connectivity index (χ1) is 8.30. The summed E-state index contributed by atoms with van der Waals surface area (Å²) in [5, 5.41) is 4.50. The Balaban J connectivity index is 2.39. The van der Waals surface area contributed by atoms with Crippen molar-refractivity contribution in [3.8, 4) is 0 Å².